The second kappa shape index (κ2) is 2.89. The largest absolute Gasteiger partial charge is 0.508 e. The van der Waals surface area contributed by atoms with Crippen molar-refractivity contribution in [2.45, 2.75) is 25.4 Å². The zero-order valence-corrected chi connectivity index (χ0v) is 8.37. The summed E-state index contributed by atoms with van der Waals surface area (Å²) in [5, 5.41) is 19.4. The molecule has 1 aliphatic carbocycles. The Morgan fingerprint density at radius 3 is 2.50 bits per heavy atom. The Kier molecular flexibility index (Phi) is 1.93. The molecule has 1 aliphatic rings. The van der Waals surface area contributed by atoms with Crippen molar-refractivity contribution in [3.8, 4) is 11.5 Å². The van der Waals surface area contributed by atoms with Crippen molar-refractivity contribution in [1.29, 1.82) is 0 Å². The maximum Gasteiger partial charge on any atom is 0.128 e. The van der Waals surface area contributed by atoms with Gasteiger partial charge in [0, 0.05) is 11.6 Å². The van der Waals surface area contributed by atoms with E-state index in [0.717, 1.165) is 24.0 Å². The van der Waals surface area contributed by atoms with Crippen LogP contribution >= 0.6 is 0 Å². The first-order valence-corrected chi connectivity index (χ1v) is 4.67. The topological polar surface area (TPSA) is 49.7 Å². The molecule has 1 aromatic carbocycles. The minimum Gasteiger partial charge on any atom is -0.508 e. The van der Waals surface area contributed by atoms with E-state index in [2.05, 4.69) is 0 Å². The predicted molar refractivity (Wildman–Crippen MR) is 52.5 cm³/mol. The molecule has 0 aromatic heterocycles. The fraction of sp³-hybridized carbons (Fsp3) is 0.455. The molecule has 1 saturated carbocycles. The highest BCUT2D eigenvalue weighted by molar-refractivity contribution is 5.50. The van der Waals surface area contributed by atoms with E-state index in [1.54, 1.807) is 19.2 Å². The van der Waals surface area contributed by atoms with Crippen molar-refractivity contribution in [3.63, 3.8) is 0 Å². The quantitative estimate of drug-likeness (QED) is 0.753. The van der Waals surface area contributed by atoms with Gasteiger partial charge in [0.1, 0.15) is 11.5 Å². The standard InChI is InChI=1S/C11H14O3/c1-7-5-8(12)6-9(14-2)10(7)11(13)3-4-11/h5-6,12-13H,3-4H2,1-2H3. The van der Waals surface area contributed by atoms with Gasteiger partial charge in [0.25, 0.3) is 0 Å². The maximum atomic E-state index is 10.0. The van der Waals surface area contributed by atoms with Gasteiger partial charge < -0.3 is 14.9 Å². The Balaban J connectivity index is 2.56. The molecule has 0 unspecified atom stereocenters. The zero-order valence-electron chi connectivity index (χ0n) is 8.37. The average molecular weight is 194 g/mol. The van der Waals surface area contributed by atoms with Crippen LogP contribution in [0.5, 0.6) is 11.5 Å². The van der Waals surface area contributed by atoms with E-state index < -0.39 is 5.60 Å². The molecule has 1 fully saturated rings. The number of aromatic hydroxyl groups is 1. The van der Waals surface area contributed by atoms with Crippen molar-refractivity contribution in [2.75, 3.05) is 7.11 Å². The van der Waals surface area contributed by atoms with Gasteiger partial charge >= 0.3 is 0 Å². The first-order valence-electron chi connectivity index (χ1n) is 4.67. The number of rotatable bonds is 2. The number of methoxy groups -OCH3 is 1. The number of phenolic OH excluding ortho intramolecular Hbond substituents is 1. The summed E-state index contributed by atoms with van der Waals surface area (Å²) in [7, 11) is 1.55. The van der Waals surface area contributed by atoms with Crippen molar-refractivity contribution in [2.24, 2.45) is 0 Å². The molecule has 0 atom stereocenters. The summed E-state index contributed by atoms with van der Waals surface area (Å²) in [5.41, 5.74) is 0.975. The summed E-state index contributed by atoms with van der Waals surface area (Å²) in [4.78, 5) is 0. The fourth-order valence-electron chi connectivity index (χ4n) is 1.86. The van der Waals surface area contributed by atoms with Gasteiger partial charge in [-0.25, -0.2) is 0 Å². The Bertz CT molecular complexity index is 367. The highest BCUT2D eigenvalue weighted by Crippen LogP contribution is 2.50. The van der Waals surface area contributed by atoms with Crippen LogP contribution in [-0.2, 0) is 5.60 Å². The van der Waals surface area contributed by atoms with E-state index in [1.807, 2.05) is 6.92 Å². The lowest BCUT2D eigenvalue weighted by Gasteiger charge is -2.16. The molecule has 0 radical (unpaired) electrons. The first kappa shape index (κ1) is 9.34. The molecule has 0 saturated heterocycles. The molecule has 0 bridgehead atoms. The minimum absolute atomic E-state index is 0.173. The van der Waals surface area contributed by atoms with E-state index in [1.165, 1.54) is 0 Å². The lowest BCUT2D eigenvalue weighted by atomic mass is 10.00. The lowest BCUT2D eigenvalue weighted by Crippen LogP contribution is -2.09. The molecule has 3 nitrogen and oxygen atoms in total. The van der Waals surface area contributed by atoms with Crippen LogP contribution in [0, 0.1) is 6.92 Å². The number of aliphatic hydroxyl groups is 1. The Morgan fingerprint density at radius 2 is 2.00 bits per heavy atom. The SMILES string of the molecule is COc1cc(O)cc(C)c1C1(O)CC1. The first-order chi connectivity index (χ1) is 6.57. The maximum absolute atomic E-state index is 10.0. The molecule has 0 amide bonds. The number of phenols is 1. The molecule has 2 rings (SSSR count). The fourth-order valence-corrected chi connectivity index (χ4v) is 1.86. The highest BCUT2D eigenvalue weighted by atomic mass is 16.5. The molecular weight excluding hydrogens is 180 g/mol. The molecule has 76 valence electrons. The molecule has 14 heavy (non-hydrogen) atoms. The van der Waals surface area contributed by atoms with Crippen LogP contribution in [0.15, 0.2) is 12.1 Å². The minimum atomic E-state index is -0.719. The molecule has 0 spiro atoms. The van der Waals surface area contributed by atoms with Crippen molar-refractivity contribution in [1.82, 2.24) is 0 Å². The smallest absolute Gasteiger partial charge is 0.128 e. The van der Waals surface area contributed by atoms with Crippen LogP contribution < -0.4 is 4.74 Å². The predicted octanol–water partition coefficient (Wildman–Crippen LogP) is 1.69. The van der Waals surface area contributed by atoms with Gasteiger partial charge in [0.05, 0.1) is 12.7 Å². The average Bonchev–Trinajstić information content (AvgIpc) is 2.82. The van der Waals surface area contributed by atoms with Crippen LogP contribution in [0.1, 0.15) is 24.0 Å². The Hall–Kier alpha value is -1.22. The summed E-state index contributed by atoms with van der Waals surface area (Å²) in [5.74, 6) is 0.745. The zero-order chi connectivity index (χ0) is 10.3. The molecule has 0 aliphatic heterocycles. The summed E-state index contributed by atoms with van der Waals surface area (Å²) in [6, 6.07) is 3.19. The lowest BCUT2D eigenvalue weighted by molar-refractivity contribution is 0.146. The van der Waals surface area contributed by atoms with Crippen LogP contribution in [0.4, 0.5) is 0 Å². The summed E-state index contributed by atoms with van der Waals surface area (Å²) >= 11 is 0. The number of hydrogen-bond acceptors (Lipinski definition) is 3. The summed E-state index contributed by atoms with van der Waals surface area (Å²) < 4.78 is 5.15. The van der Waals surface area contributed by atoms with Gasteiger partial charge in [0.15, 0.2) is 0 Å². The van der Waals surface area contributed by atoms with E-state index in [9.17, 15) is 10.2 Å². The number of hydrogen-bond donors (Lipinski definition) is 2. The van der Waals surface area contributed by atoms with Gasteiger partial charge in [-0.2, -0.15) is 0 Å². The van der Waals surface area contributed by atoms with Crippen molar-refractivity contribution in [3.05, 3.63) is 23.3 Å². The second-order valence-electron chi connectivity index (χ2n) is 3.87. The normalized spacial score (nSPS) is 17.9. The summed E-state index contributed by atoms with van der Waals surface area (Å²) in [6.07, 6.45) is 1.55. The van der Waals surface area contributed by atoms with E-state index in [4.69, 9.17) is 4.74 Å². The Morgan fingerprint density at radius 1 is 1.36 bits per heavy atom. The third kappa shape index (κ3) is 1.34. The molecule has 0 heterocycles. The molecule has 2 N–H and O–H groups in total. The van der Waals surface area contributed by atoms with Gasteiger partial charge in [-0.1, -0.05) is 0 Å². The third-order valence-electron chi connectivity index (χ3n) is 2.69. The van der Waals surface area contributed by atoms with E-state index >= 15 is 0 Å². The monoisotopic (exact) mass is 194 g/mol. The van der Waals surface area contributed by atoms with Crippen LogP contribution in [-0.4, -0.2) is 17.3 Å². The van der Waals surface area contributed by atoms with Crippen LogP contribution in [0.3, 0.4) is 0 Å². The van der Waals surface area contributed by atoms with Crippen LogP contribution in [0.2, 0.25) is 0 Å². The molecular formula is C11H14O3. The van der Waals surface area contributed by atoms with E-state index in [-0.39, 0.29) is 5.75 Å². The van der Waals surface area contributed by atoms with Gasteiger partial charge in [-0.15, -0.1) is 0 Å². The van der Waals surface area contributed by atoms with Gasteiger partial charge in [-0.05, 0) is 31.4 Å². The number of aryl methyl sites for hydroxylation is 1. The summed E-state index contributed by atoms with van der Waals surface area (Å²) in [6.45, 7) is 1.87. The van der Waals surface area contributed by atoms with Crippen molar-refractivity contribution >= 4 is 0 Å². The van der Waals surface area contributed by atoms with Crippen LogP contribution in [0.25, 0.3) is 0 Å². The van der Waals surface area contributed by atoms with E-state index in [0.29, 0.717) is 5.75 Å². The molecule has 1 aromatic rings. The van der Waals surface area contributed by atoms with Gasteiger partial charge in [-0.3, -0.25) is 0 Å². The highest BCUT2D eigenvalue weighted by Gasteiger charge is 2.45. The molecule has 3 heteroatoms. The number of benzene rings is 1. The third-order valence-corrected chi connectivity index (χ3v) is 2.69. The van der Waals surface area contributed by atoms with Gasteiger partial charge in [0.2, 0.25) is 0 Å². The number of ether oxygens (including phenoxy) is 1. The second-order valence-corrected chi connectivity index (χ2v) is 3.87. The van der Waals surface area contributed by atoms with Crippen molar-refractivity contribution < 1.29 is 14.9 Å². The Labute approximate surface area is 83.0 Å².